The van der Waals surface area contributed by atoms with Crippen molar-refractivity contribution in [3.8, 4) is 0 Å². The average molecular weight is 231 g/mol. The second kappa shape index (κ2) is 5.19. The number of benzene rings is 1. The van der Waals surface area contributed by atoms with Gasteiger partial charge in [-0.1, -0.05) is 30.3 Å². The molecule has 2 bridgehead atoms. The summed E-state index contributed by atoms with van der Waals surface area (Å²) in [5.74, 6) is 0.817. The van der Waals surface area contributed by atoms with E-state index in [4.69, 9.17) is 4.74 Å². The molecule has 2 fully saturated rings. The van der Waals surface area contributed by atoms with E-state index in [1.54, 1.807) is 0 Å². The summed E-state index contributed by atoms with van der Waals surface area (Å²) in [4.78, 5) is 0. The average Bonchev–Trinajstić information content (AvgIpc) is 2.98. The summed E-state index contributed by atoms with van der Waals surface area (Å²) in [5, 5.41) is 3.53. The van der Waals surface area contributed by atoms with Crippen molar-refractivity contribution in [1.82, 2.24) is 5.32 Å². The number of hydrogen-bond donors (Lipinski definition) is 1. The molecule has 2 aliphatic heterocycles. The minimum Gasteiger partial charge on any atom is -0.375 e. The van der Waals surface area contributed by atoms with E-state index in [0.29, 0.717) is 12.2 Å². The third-order valence-electron chi connectivity index (χ3n) is 4.10. The molecule has 17 heavy (non-hydrogen) atoms. The highest BCUT2D eigenvalue weighted by Gasteiger charge is 2.39. The molecular weight excluding hydrogens is 210 g/mol. The highest BCUT2D eigenvalue weighted by Crippen LogP contribution is 2.40. The van der Waals surface area contributed by atoms with E-state index in [1.807, 2.05) is 0 Å². The lowest BCUT2D eigenvalue weighted by Gasteiger charge is -2.18. The molecule has 3 rings (SSSR count). The van der Waals surface area contributed by atoms with Gasteiger partial charge in [0, 0.05) is 6.54 Å². The lowest BCUT2D eigenvalue weighted by atomic mass is 9.87. The summed E-state index contributed by atoms with van der Waals surface area (Å²) in [7, 11) is 0. The Morgan fingerprint density at radius 3 is 2.76 bits per heavy atom. The van der Waals surface area contributed by atoms with E-state index in [2.05, 4.69) is 35.6 Å². The Balaban J connectivity index is 1.36. The van der Waals surface area contributed by atoms with Gasteiger partial charge in [0.1, 0.15) is 0 Å². The molecule has 0 radical (unpaired) electrons. The number of rotatable bonds is 5. The van der Waals surface area contributed by atoms with Gasteiger partial charge in [-0.3, -0.25) is 0 Å². The first kappa shape index (κ1) is 11.2. The van der Waals surface area contributed by atoms with Gasteiger partial charge in [-0.15, -0.1) is 0 Å². The van der Waals surface area contributed by atoms with Crippen LogP contribution in [-0.4, -0.2) is 18.8 Å². The molecule has 1 aromatic carbocycles. The van der Waals surface area contributed by atoms with Crippen molar-refractivity contribution in [2.75, 3.05) is 6.54 Å². The highest BCUT2D eigenvalue weighted by atomic mass is 16.5. The quantitative estimate of drug-likeness (QED) is 0.787. The smallest absolute Gasteiger partial charge is 0.0609 e. The second-order valence-corrected chi connectivity index (χ2v) is 5.32. The SMILES string of the molecule is c1ccc(CNCC[C@H]2C[C@H]3CC[C@H]2O3)cc1. The Morgan fingerprint density at radius 1 is 1.18 bits per heavy atom. The zero-order valence-electron chi connectivity index (χ0n) is 10.3. The Labute approximate surface area is 103 Å². The predicted octanol–water partition coefficient (Wildman–Crippen LogP) is 2.73. The lowest BCUT2D eigenvalue weighted by Crippen LogP contribution is -2.23. The molecule has 2 nitrogen and oxygen atoms in total. The van der Waals surface area contributed by atoms with Gasteiger partial charge < -0.3 is 10.1 Å². The summed E-state index contributed by atoms with van der Waals surface area (Å²) in [6.45, 7) is 2.11. The molecule has 1 N–H and O–H groups in total. The molecule has 92 valence electrons. The number of nitrogens with one attached hydrogen (secondary N) is 1. The number of fused-ring (bicyclic) bond motifs is 2. The molecule has 0 aliphatic carbocycles. The van der Waals surface area contributed by atoms with Crippen LogP contribution in [0.2, 0.25) is 0 Å². The Morgan fingerprint density at radius 2 is 2.06 bits per heavy atom. The van der Waals surface area contributed by atoms with E-state index in [9.17, 15) is 0 Å². The third kappa shape index (κ3) is 2.70. The molecule has 2 heterocycles. The fourth-order valence-electron chi connectivity index (χ4n) is 3.16. The minimum absolute atomic E-state index is 0.582. The molecule has 1 aromatic rings. The summed E-state index contributed by atoms with van der Waals surface area (Å²) >= 11 is 0. The van der Waals surface area contributed by atoms with Crippen molar-refractivity contribution in [3.63, 3.8) is 0 Å². The van der Waals surface area contributed by atoms with E-state index in [0.717, 1.165) is 19.0 Å². The van der Waals surface area contributed by atoms with Crippen LogP contribution in [0.3, 0.4) is 0 Å². The molecule has 0 unspecified atom stereocenters. The monoisotopic (exact) mass is 231 g/mol. The third-order valence-corrected chi connectivity index (χ3v) is 4.10. The van der Waals surface area contributed by atoms with Crippen LogP contribution >= 0.6 is 0 Å². The summed E-state index contributed by atoms with van der Waals surface area (Å²) in [6.07, 6.45) is 6.36. The molecule has 0 amide bonds. The molecule has 0 aromatic heterocycles. The van der Waals surface area contributed by atoms with E-state index in [-0.39, 0.29) is 0 Å². The first-order valence-electron chi connectivity index (χ1n) is 6.82. The van der Waals surface area contributed by atoms with Gasteiger partial charge in [0.15, 0.2) is 0 Å². The van der Waals surface area contributed by atoms with Crippen LogP contribution in [0.5, 0.6) is 0 Å². The molecular formula is C15H21NO. The zero-order valence-corrected chi connectivity index (χ0v) is 10.3. The maximum absolute atomic E-state index is 5.87. The topological polar surface area (TPSA) is 21.3 Å². The highest BCUT2D eigenvalue weighted by molar-refractivity contribution is 5.14. The number of ether oxygens (including phenoxy) is 1. The summed E-state index contributed by atoms with van der Waals surface area (Å²) in [5.41, 5.74) is 1.37. The first-order chi connectivity index (χ1) is 8.42. The fraction of sp³-hybridized carbons (Fsp3) is 0.600. The summed E-state index contributed by atoms with van der Waals surface area (Å²) < 4.78 is 5.87. The maximum atomic E-state index is 5.87. The van der Waals surface area contributed by atoms with Gasteiger partial charge in [-0.25, -0.2) is 0 Å². The Kier molecular flexibility index (Phi) is 3.44. The van der Waals surface area contributed by atoms with Crippen molar-refractivity contribution in [2.24, 2.45) is 5.92 Å². The zero-order chi connectivity index (χ0) is 11.5. The number of hydrogen-bond acceptors (Lipinski definition) is 2. The van der Waals surface area contributed by atoms with E-state index in [1.165, 1.54) is 31.2 Å². The van der Waals surface area contributed by atoms with Crippen molar-refractivity contribution in [1.29, 1.82) is 0 Å². The van der Waals surface area contributed by atoms with Gasteiger partial charge in [0.25, 0.3) is 0 Å². The second-order valence-electron chi connectivity index (χ2n) is 5.32. The van der Waals surface area contributed by atoms with Crippen LogP contribution in [0.4, 0.5) is 0 Å². The first-order valence-corrected chi connectivity index (χ1v) is 6.82. The molecule has 0 saturated carbocycles. The molecule has 2 heteroatoms. The Bertz CT molecular complexity index is 351. The standard InChI is InChI=1S/C15H21NO/c1-2-4-12(5-3-1)11-16-9-8-13-10-14-6-7-15(13)17-14/h1-5,13-16H,6-11H2/t13-,14+,15+/m0/s1. The predicted molar refractivity (Wildman–Crippen MR) is 68.8 cm³/mol. The van der Waals surface area contributed by atoms with Crippen LogP contribution in [0, 0.1) is 5.92 Å². The van der Waals surface area contributed by atoms with E-state index < -0.39 is 0 Å². The van der Waals surface area contributed by atoms with Crippen molar-refractivity contribution in [3.05, 3.63) is 35.9 Å². The minimum atomic E-state index is 0.582. The molecule has 2 saturated heterocycles. The Hall–Kier alpha value is -0.860. The van der Waals surface area contributed by atoms with Crippen molar-refractivity contribution in [2.45, 2.75) is 44.4 Å². The van der Waals surface area contributed by atoms with E-state index >= 15 is 0 Å². The van der Waals surface area contributed by atoms with Crippen molar-refractivity contribution >= 4 is 0 Å². The fourth-order valence-corrected chi connectivity index (χ4v) is 3.16. The van der Waals surface area contributed by atoms with Gasteiger partial charge in [-0.05, 0) is 43.7 Å². The van der Waals surface area contributed by atoms with Gasteiger partial charge in [0.2, 0.25) is 0 Å². The van der Waals surface area contributed by atoms with Gasteiger partial charge in [0.05, 0.1) is 12.2 Å². The van der Waals surface area contributed by atoms with Crippen LogP contribution in [0.25, 0.3) is 0 Å². The van der Waals surface area contributed by atoms with Crippen LogP contribution in [0.1, 0.15) is 31.2 Å². The van der Waals surface area contributed by atoms with Crippen LogP contribution in [0.15, 0.2) is 30.3 Å². The summed E-state index contributed by atoms with van der Waals surface area (Å²) in [6, 6.07) is 10.6. The van der Waals surface area contributed by atoms with Crippen LogP contribution in [-0.2, 0) is 11.3 Å². The maximum Gasteiger partial charge on any atom is 0.0609 e. The lowest BCUT2D eigenvalue weighted by molar-refractivity contribution is 0.0913. The van der Waals surface area contributed by atoms with Crippen molar-refractivity contribution < 1.29 is 4.74 Å². The molecule has 0 spiro atoms. The van der Waals surface area contributed by atoms with Gasteiger partial charge >= 0.3 is 0 Å². The largest absolute Gasteiger partial charge is 0.375 e. The normalized spacial score (nSPS) is 30.9. The molecule has 3 atom stereocenters. The van der Waals surface area contributed by atoms with Gasteiger partial charge in [-0.2, -0.15) is 0 Å². The molecule has 2 aliphatic rings. The van der Waals surface area contributed by atoms with Crippen LogP contribution < -0.4 is 5.32 Å².